The largest absolute Gasteiger partial charge is 0.324 e. The van der Waals surface area contributed by atoms with Crippen LogP contribution < -0.4 is 10.2 Å². The number of hydrogen-bond donors (Lipinski definition) is 1. The zero-order valence-electron chi connectivity index (χ0n) is 16.2. The third-order valence-corrected chi connectivity index (χ3v) is 6.67. The normalized spacial score (nSPS) is 16.3. The number of thioether (sulfide) groups is 1. The zero-order valence-corrected chi connectivity index (χ0v) is 17.8. The number of rotatable bonds is 5. The molecule has 2 aromatic heterocycles. The summed E-state index contributed by atoms with van der Waals surface area (Å²) in [5, 5.41) is 14.2. The molecule has 0 aliphatic carbocycles. The van der Waals surface area contributed by atoms with Gasteiger partial charge in [0, 0.05) is 30.8 Å². The van der Waals surface area contributed by atoms with E-state index in [1.165, 1.54) is 16.6 Å². The minimum Gasteiger partial charge on any atom is -0.324 e. The lowest BCUT2D eigenvalue weighted by Gasteiger charge is -2.27. The molecule has 0 spiro atoms. The van der Waals surface area contributed by atoms with Gasteiger partial charge >= 0.3 is 0 Å². The van der Waals surface area contributed by atoms with Crippen LogP contribution in [0.4, 0.5) is 11.4 Å². The van der Waals surface area contributed by atoms with Crippen molar-refractivity contribution in [1.29, 1.82) is 0 Å². The number of amides is 2. The zero-order chi connectivity index (χ0) is 20.4. The number of fused-ring (bicyclic) bond motifs is 1. The van der Waals surface area contributed by atoms with E-state index in [1.54, 1.807) is 16.2 Å². The van der Waals surface area contributed by atoms with Gasteiger partial charge in [0.1, 0.15) is 5.82 Å². The monoisotopic (exact) mass is 427 g/mol. The Morgan fingerprint density at radius 3 is 2.90 bits per heavy atom. The van der Waals surface area contributed by atoms with Crippen LogP contribution in [0.5, 0.6) is 0 Å². The molecule has 9 heteroatoms. The Hall–Kier alpha value is -2.65. The van der Waals surface area contributed by atoms with Crippen molar-refractivity contribution in [2.24, 2.45) is 7.05 Å². The summed E-state index contributed by atoms with van der Waals surface area (Å²) in [6.45, 7) is 1.89. The van der Waals surface area contributed by atoms with Crippen molar-refractivity contribution in [2.75, 3.05) is 16.0 Å². The number of nitrogens with zero attached hydrogens (tertiary/aromatic N) is 4. The Kier molecular flexibility index (Phi) is 5.68. The maximum absolute atomic E-state index is 13.1. The lowest BCUT2D eigenvalue weighted by atomic mass is 10.2. The smallest absolute Gasteiger partial charge is 0.237 e. The van der Waals surface area contributed by atoms with Crippen LogP contribution in [0.1, 0.15) is 24.0 Å². The minimum atomic E-state index is -0.222. The quantitative estimate of drug-likeness (QED) is 0.632. The molecule has 3 aromatic rings. The summed E-state index contributed by atoms with van der Waals surface area (Å²) < 4.78 is 1.93. The van der Waals surface area contributed by atoms with Gasteiger partial charge in [-0.25, -0.2) is 0 Å². The van der Waals surface area contributed by atoms with Gasteiger partial charge < -0.3 is 14.8 Å². The van der Waals surface area contributed by atoms with E-state index < -0.39 is 0 Å². The standard InChI is InChI=1S/C20H21N5O2S2/c1-13-10-18(26)21-15-7-3-4-8-16(15)25(13)19(27)12-29-20-23-22-17(24(20)2)11-14-6-5-9-28-14/h3-9,13H,10-12H2,1-2H3,(H,21,26)/t13-/m0/s1. The van der Waals surface area contributed by atoms with Gasteiger partial charge in [0.25, 0.3) is 0 Å². The molecule has 0 saturated carbocycles. The molecule has 1 aromatic carbocycles. The van der Waals surface area contributed by atoms with Gasteiger partial charge in [-0.15, -0.1) is 21.5 Å². The lowest BCUT2D eigenvalue weighted by molar-refractivity contribution is -0.117. The van der Waals surface area contributed by atoms with Crippen LogP contribution in [0.2, 0.25) is 0 Å². The maximum Gasteiger partial charge on any atom is 0.237 e. The topological polar surface area (TPSA) is 80.1 Å². The van der Waals surface area contributed by atoms with Gasteiger partial charge in [-0.1, -0.05) is 30.0 Å². The van der Waals surface area contributed by atoms with Crippen molar-refractivity contribution in [3.05, 3.63) is 52.5 Å². The van der Waals surface area contributed by atoms with E-state index in [0.717, 1.165) is 17.9 Å². The van der Waals surface area contributed by atoms with E-state index >= 15 is 0 Å². The summed E-state index contributed by atoms with van der Waals surface area (Å²) in [6, 6.07) is 11.3. The molecule has 1 aliphatic rings. The molecule has 7 nitrogen and oxygen atoms in total. The fourth-order valence-corrected chi connectivity index (χ4v) is 4.85. The maximum atomic E-state index is 13.1. The molecule has 4 rings (SSSR count). The van der Waals surface area contributed by atoms with Crippen LogP contribution in [-0.4, -0.2) is 38.4 Å². The van der Waals surface area contributed by atoms with E-state index in [-0.39, 0.29) is 30.0 Å². The molecular weight excluding hydrogens is 406 g/mol. The number of benzene rings is 1. The van der Waals surface area contributed by atoms with Gasteiger partial charge in [0.05, 0.1) is 17.1 Å². The lowest BCUT2D eigenvalue weighted by Crippen LogP contribution is -2.40. The summed E-state index contributed by atoms with van der Waals surface area (Å²) in [6.07, 6.45) is 0.986. The molecule has 1 aliphatic heterocycles. The number of nitrogens with one attached hydrogen (secondary N) is 1. The highest BCUT2D eigenvalue weighted by Gasteiger charge is 2.29. The highest BCUT2D eigenvalue weighted by Crippen LogP contribution is 2.32. The van der Waals surface area contributed by atoms with Crippen LogP contribution in [0.3, 0.4) is 0 Å². The Balaban J connectivity index is 1.48. The van der Waals surface area contributed by atoms with Gasteiger partial charge in [-0.2, -0.15) is 0 Å². The van der Waals surface area contributed by atoms with Gasteiger partial charge in [-0.05, 0) is 30.5 Å². The molecule has 0 radical (unpaired) electrons. The first-order valence-corrected chi connectivity index (χ1v) is 11.1. The highest BCUT2D eigenvalue weighted by atomic mass is 32.2. The number of para-hydroxylation sites is 2. The molecule has 0 bridgehead atoms. The first-order chi connectivity index (χ1) is 14.0. The van der Waals surface area contributed by atoms with Crippen molar-refractivity contribution in [3.63, 3.8) is 0 Å². The average molecular weight is 428 g/mol. The molecule has 3 heterocycles. The predicted molar refractivity (Wildman–Crippen MR) is 115 cm³/mol. The van der Waals surface area contributed by atoms with Crippen LogP contribution >= 0.6 is 23.1 Å². The third kappa shape index (κ3) is 4.20. The van der Waals surface area contributed by atoms with Gasteiger partial charge in [0.15, 0.2) is 5.16 Å². The molecule has 1 atom stereocenters. The molecular formula is C20H21N5O2S2. The molecule has 29 heavy (non-hydrogen) atoms. The molecule has 1 N–H and O–H groups in total. The molecule has 150 valence electrons. The Labute approximate surface area is 177 Å². The summed E-state index contributed by atoms with van der Waals surface area (Å²) in [7, 11) is 1.92. The molecule has 0 fully saturated rings. The second-order valence-corrected chi connectivity index (χ2v) is 8.86. The van der Waals surface area contributed by atoms with Crippen LogP contribution in [-0.2, 0) is 23.1 Å². The number of hydrogen-bond acceptors (Lipinski definition) is 6. The number of anilines is 2. The summed E-state index contributed by atoms with van der Waals surface area (Å²) in [5.41, 5.74) is 1.39. The fraction of sp³-hybridized carbons (Fsp3) is 0.300. The first kappa shape index (κ1) is 19.7. The Bertz CT molecular complexity index is 1030. The molecule has 2 amide bonds. The van der Waals surface area contributed by atoms with Crippen molar-refractivity contribution >= 4 is 46.3 Å². The van der Waals surface area contributed by atoms with Crippen LogP contribution in [0.15, 0.2) is 46.9 Å². The number of aromatic nitrogens is 3. The van der Waals surface area contributed by atoms with E-state index in [0.29, 0.717) is 10.8 Å². The van der Waals surface area contributed by atoms with E-state index in [4.69, 9.17) is 0 Å². The first-order valence-electron chi connectivity index (χ1n) is 9.27. The van der Waals surface area contributed by atoms with Crippen molar-refractivity contribution in [1.82, 2.24) is 14.8 Å². The van der Waals surface area contributed by atoms with Crippen LogP contribution in [0.25, 0.3) is 0 Å². The Morgan fingerprint density at radius 1 is 1.28 bits per heavy atom. The highest BCUT2D eigenvalue weighted by molar-refractivity contribution is 7.99. The number of carbonyl (C=O) groups is 2. The van der Waals surface area contributed by atoms with E-state index in [2.05, 4.69) is 21.6 Å². The second-order valence-electron chi connectivity index (χ2n) is 6.88. The molecule has 0 saturated heterocycles. The van der Waals surface area contributed by atoms with Crippen molar-refractivity contribution in [2.45, 2.75) is 31.0 Å². The third-order valence-electron chi connectivity index (χ3n) is 4.79. The van der Waals surface area contributed by atoms with E-state index in [9.17, 15) is 9.59 Å². The Morgan fingerprint density at radius 2 is 2.10 bits per heavy atom. The minimum absolute atomic E-state index is 0.0609. The van der Waals surface area contributed by atoms with Gasteiger partial charge in [0.2, 0.25) is 11.8 Å². The van der Waals surface area contributed by atoms with Gasteiger partial charge in [-0.3, -0.25) is 9.59 Å². The predicted octanol–water partition coefficient (Wildman–Crippen LogP) is 3.32. The summed E-state index contributed by atoms with van der Waals surface area (Å²) in [5.74, 6) is 0.942. The van der Waals surface area contributed by atoms with Crippen molar-refractivity contribution in [3.8, 4) is 0 Å². The summed E-state index contributed by atoms with van der Waals surface area (Å²) >= 11 is 3.05. The SMILES string of the molecule is C[C@H]1CC(=O)Nc2ccccc2N1C(=O)CSc1nnc(Cc2cccs2)n1C. The fourth-order valence-electron chi connectivity index (χ4n) is 3.36. The van der Waals surface area contributed by atoms with Crippen LogP contribution in [0, 0.1) is 0 Å². The number of thiophene rings is 1. The van der Waals surface area contributed by atoms with E-state index in [1.807, 2.05) is 54.3 Å². The molecule has 0 unspecified atom stereocenters. The second kappa shape index (κ2) is 8.38. The van der Waals surface area contributed by atoms with Crippen molar-refractivity contribution < 1.29 is 9.59 Å². The average Bonchev–Trinajstić information content (AvgIpc) is 3.29. The summed E-state index contributed by atoms with van der Waals surface area (Å²) in [4.78, 5) is 28.1. The number of carbonyl (C=O) groups excluding carboxylic acids is 2.